The van der Waals surface area contributed by atoms with E-state index in [1.807, 2.05) is 0 Å². The van der Waals surface area contributed by atoms with Crippen LogP contribution < -0.4 is 4.43 Å². The van der Waals surface area contributed by atoms with Gasteiger partial charge in [0.1, 0.15) is 0 Å². The summed E-state index contributed by atoms with van der Waals surface area (Å²) in [4.78, 5) is 0. The van der Waals surface area contributed by atoms with Gasteiger partial charge >= 0.3 is 14.1 Å². The molecule has 0 saturated carbocycles. The summed E-state index contributed by atoms with van der Waals surface area (Å²) in [6, 6.07) is 9.07. The van der Waals surface area contributed by atoms with Crippen molar-refractivity contribution in [3.63, 3.8) is 0 Å². The molecule has 3 heteroatoms. The molecule has 0 aliphatic rings. The number of hydrogen-bond acceptors (Lipinski definition) is 0. The van der Waals surface area contributed by atoms with Crippen LogP contribution in [-0.4, -0.2) is 14.1 Å². The summed E-state index contributed by atoms with van der Waals surface area (Å²) < 4.78 is 2.97. The molecule has 0 spiro atoms. The number of benzene rings is 1. The van der Waals surface area contributed by atoms with Gasteiger partial charge in [-0.2, -0.15) is 0 Å². The van der Waals surface area contributed by atoms with E-state index >= 15 is 0 Å². The van der Waals surface area contributed by atoms with E-state index < -0.39 is 14.1 Å². The van der Waals surface area contributed by atoms with Crippen molar-refractivity contribution in [1.82, 2.24) is 0 Å². The maximum absolute atomic E-state index is 2.36. The molecule has 0 radical (unpaired) electrons. The Morgan fingerprint density at radius 1 is 1.08 bits per heavy atom. The highest BCUT2D eigenvalue weighted by atomic mass is 127. The lowest BCUT2D eigenvalue weighted by atomic mass is 10.4. The van der Waals surface area contributed by atoms with Gasteiger partial charge in [0.05, 0.1) is 0 Å². The monoisotopic (exact) mass is 324 g/mol. The highest BCUT2D eigenvalue weighted by Gasteiger charge is 2.13. The van der Waals surface area contributed by atoms with Crippen LogP contribution in [0, 0.1) is 3.57 Å². The Labute approximate surface area is 105 Å². The molecule has 0 nitrogen and oxygen atoms in total. The normalized spacial score (nSPS) is 9.15. The van der Waals surface area contributed by atoms with Crippen LogP contribution in [0.25, 0.3) is 0 Å². The zero-order valence-electron chi connectivity index (χ0n) is 8.09. The number of halogens is 2. The highest BCUT2D eigenvalue weighted by molar-refractivity contribution is 14.1. The minimum atomic E-state index is -0.574. The van der Waals surface area contributed by atoms with E-state index in [9.17, 15) is 0 Å². The summed E-state index contributed by atoms with van der Waals surface area (Å²) >= 11 is 1.79. The summed E-state index contributed by atoms with van der Waals surface area (Å²) in [7, 11) is 0. The van der Waals surface area contributed by atoms with Crippen molar-refractivity contribution >= 4 is 53.6 Å². The Bertz CT molecular complexity index is 231. The molecule has 13 heavy (non-hydrogen) atoms. The largest absolute Gasteiger partial charge is 0.305 e. The minimum absolute atomic E-state index is 0. The van der Waals surface area contributed by atoms with Crippen LogP contribution >= 0.6 is 35.0 Å². The predicted octanol–water partition coefficient (Wildman–Crippen LogP) is 3.45. The molecule has 1 aromatic rings. The fraction of sp³-hybridized carbons (Fsp3) is 0.400. The Morgan fingerprint density at radius 3 is 1.92 bits per heavy atom. The van der Waals surface area contributed by atoms with Gasteiger partial charge in [0.2, 0.25) is 0 Å². The van der Waals surface area contributed by atoms with E-state index in [0.29, 0.717) is 0 Å². The molecule has 0 aromatic heterocycles. The topological polar surface area (TPSA) is 0 Å². The van der Waals surface area contributed by atoms with Gasteiger partial charge < -0.3 is 0 Å². The second-order valence-electron chi connectivity index (χ2n) is 3.06. The second-order valence-corrected chi connectivity index (χ2v) is 8.00. The zero-order chi connectivity index (χ0) is 8.97. The van der Waals surface area contributed by atoms with Crippen LogP contribution in [0.2, 0.25) is 10.6 Å². The third kappa shape index (κ3) is 4.21. The van der Waals surface area contributed by atoms with Crippen molar-refractivity contribution in [2.75, 3.05) is 0 Å². The molecular formula is C10H15AlClI. The van der Waals surface area contributed by atoms with Gasteiger partial charge in [-0.1, -0.05) is 48.7 Å². The number of rotatable bonds is 3. The first-order valence-electron chi connectivity index (χ1n) is 4.53. The van der Waals surface area contributed by atoms with E-state index in [1.165, 1.54) is 14.1 Å². The van der Waals surface area contributed by atoms with Gasteiger partial charge in [0, 0.05) is 3.57 Å². The van der Waals surface area contributed by atoms with Crippen LogP contribution in [0.1, 0.15) is 13.8 Å². The lowest BCUT2D eigenvalue weighted by molar-refractivity contribution is 1.33. The average Bonchev–Trinajstić information content (AvgIpc) is 2.10. The van der Waals surface area contributed by atoms with Gasteiger partial charge in [-0.05, 0) is 22.6 Å². The van der Waals surface area contributed by atoms with Crippen LogP contribution in [0.5, 0.6) is 0 Å². The van der Waals surface area contributed by atoms with Crippen molar-refractivity contribution < 1.29 is 0 Å². The Hall–Kier alpha value is 0.772. The van der Waals surface area contributed by atoms with Crippen molar-refractivity contribution in [1.29, 1.82) is 0 Å². The molecule has 0 aliphatic carbocycles. The standard InChI is InChI=1S/C6H4I.2C2H5.Al.ClH/c7-6-4-2-1-3-5-6;2*1-2;;/h2-5H;2*1H2,2H3;;1H. The summed E-state index contributed by atoms with van der Waals surface area (Å²) in [5.74, 6) is 0. The first kappa shape index (κ1) is 13.8. The van der Waals surface area contributed by atoms with Crippen molar-refractivity contribution in [2.24, 2.45) is 0 Å². The summed E-state index contributed by atoms with van der Waals surface area (Å²) in [6.07, 6.45) is 0. The molecule has 1 aromatic carbocycles. The van der Waals surface area contributed by atoms with E-state index in [0.717, 1.165) is 0 Å². The second kappa shape index (κ2) is 7.12. The lowest BCUT2D eigenvalue weighted by Gasteiger charge is -2.06. The van der Waals surface area contributed by atoms with Crippen LogP contribution in [0.15, 0.2) is 24.3 Å². The van der Waals surface area contributed by atoms with Gasteiger partial charge in [-0.3, -0.25) is 0 Å². The molecular weight excluding hydrogens is 309 g/mol. The fourth-order valence-electron chi connectivity index (χ4n) is 1.50. The SMILES string of the molecule is C[CH2][Al]([CH2]C)[c]1ccc(I)cc1.Cl. The molecule has 0 amide bonds. The van der Waals surface area contributed by atoms with Gasteiger partial charge in [-0.15, -0.1) is 16.8 Å². The Balaban J connectivity index is 0.00000144. The molecule has 72 valence electrons. The lowest BCUT2D eigenvalue weighted by Crippen LogP contribution is -2.27. The van der Waals surface area contributed by atoms with Crippen molar-refractivity contribution in [3.05, 3.63) is 27.8 Å². The van der Waals surface area contributed by atoms with E-state index in [4.69, 9.17) is 0 Å². The summed E-state index contributed by atoms with van der Waals surface area (Å²) in [5, 5.41) is 2.77. The van der Waals surface area contributed by atoms with Crippen LogP contribution in [0.3, 0.4) is 0 Å². The first-order chi connectivity index (χ1) is 5.77. The van der Waals surface area contributed by atoms with Crippen molar-refractivity contribution in [2.45, 2.75) is 24.4 Å². The van der Waals surface area contributed by atoms with E-state index in [1.54, 1.807) is 4.43 Å². The fourth-order valence-corrected chi connectivity index (χ4v) is 4.11. The molecule has 0 unspecified atom stereocenters. The molecule has 0 bridgehead atoms. The quantitative estimate of drug-likeness (QED) is 0.590. The van der Waals surface area contributed by atoms with Crippen LogP contribution in [-0.2, 0) is 0 Å². The van der Waals surface area contributed by atoms with Crippen molar-refractivity contribution in [3.8, 4) is 0 Å². The summed E-state index contributed by atoms with van der Waals surface area (Å²) in [6.45, 7) is 4.64. The molecule has 1 rings (SSSR count). The molecule has 0 aliphatic heterocycles. The third-order valence-electron chi connectivity index (χ3n) is 2.33. The molecule has 0 heterocycles. The molecule has 0 N–H and O–H groups in total. The third-order valence-corrected chi connectivity index (χ3v) is 6.35. The Morgan fingerprint density at radius 2 is 1.54 bits per heavy atom. The smallest absolute Gasteiger partial charge is 0.147 e. The molecule has 0 atom stereocenters. The van der Waals surface area contributed by atoms with E-state index in [2.05, 4.69) is 60.7 Å². The summed E-state index contributed by atoms with van der Waals surface area (Å²) in [5.41, 5.74) is 0. The minimum Gasteiger partial charge on any atom is -0.147 e. The molecule has 0 saturated heterocycles. The van der Waals surface area contributed by atoms with Gasteiger partial charge in [0.15, 0.2) is 0 Å². The van der Waals surface area contributed by atoms with E-state index in [-0.39, 0.29) is 12.4 Å². The predicted molar refractivity (Wildman–Crippen MR) is 72.8 cm³/mol. The Kier molecular flexibility index (Phi) is 7.54. The van der Waals surface area contributed by atoms with Gasteiger partial charge in [-0.25, -0.2) is 0 Å². The van der Waals surface area contributed by atoms with Gasteiger partial charge in [0.25, 0.3) is 0 Å². The highest BCUT2D eigenvalue weighted by Crippen LogP contribution is 2.04. The zero-order valence-corrected chi connectivity index (χ0v) is 12.2. The maximum Gasteiger partial charge on any atom is 0.305 e. The first-order valence-corrected chi connectivity index (χ1v) is 7.82. The van der Waals surface area contributed by atoms with Crippen LogP contribution in [0.4, 0.5) is 0 Å². The molecule has 0 fully saturated rings. The maximum atomic E-state index is 2.36. The average molecular weight is 325 g/mol. The number of hydrogen-bond donors (Lipinski definition) is 0.